The summed E-state index contributed by atoms with van der Waals surface area (Å²) in [5.74, 6) is -0.295. The number of ether oxygens (including phenoxy) is 3. The molecule has 0 radical (unpaired) electrons. The van der Waals surface area contributed by atoms with Crippen LogP contribution in [0.5, 0.6) is 5.75 Å². The van der Waals surface area contributed by atoms with Crippen LogP contribution in [0.3, 0.4) is 0 Å². The molecule has 1 aliphatic heterocycles. The van der Waals surface area contributed by atoms with Gasteiger partial charge in [0.25, 0.3) is 0 Å². The van der Waals surface area contributed by atoms with Gasteiger partial charge < -0.3 is 19.5 Å². The average Bonchev–Trinajstić information content (AvgIpc) is 2.86. The summed E-state index contributed by atoms with van der Waals surface area (Å²) in [7, 11) is 1.60. The van der Waals surface area contributed by atoms with Gasteiger partial charge in [0.2, 0.25) is 0 Å². The molecule has 0 spiro atoms. The Labute approximate surface area is 210 Å². The zero-order valence-corrected chi connectivity index (χ0v) is 21.0. The summed E-state index contributed by atoms with van der Waals surface area (Å²) in [6, 6.07) is 15.1. The molecule has 1 aliphatic carbocycles. The van der Waals surface area contributed by atoms with Gasteiger partial charge in [0, 0.05) is 40.9 Å². The number of methoxy groups -OCH3 is 1. The fourth-order valence-corrected chi connectivity index (χ4v) is 4.98. The van der Waals surface area contributed by atoms with Crippen LogP contribution in [0.15, 0.2) is 71.1 Å². The van der Waals surface area contributed by atoms with Crippen molar-refractivity contribution in [3.05, 3.63) is 87.2 Å². The van der Waals surface area contributed by atoms with Crippen molar-refractivity contribution in [1.82, 2.24) is 5.32 Å². The van der Waals surface area contributed by atoms with Gasteiger partial charge in [0.15, 0.2) is 5.78 Å². The molecule has 2 aliphatic rings. The fraction of sp³-hybridized carbons (Fsp3) is 0.357. The second-order valence-electron chi connectivity index (χ2n) is 8.68. The Bertz CT molecular complexity index is 1170. The van der Waals surface area contributed by atoms with Crippen molar-refractivity contribution in [2.24, 2.45) is 0 Å². The van der Waals surface area contributed by atoms with Crippen LogP contribution in [0.2, 0.25) is 5.02 Å². The predicted octanol–water partition coefficient (Wildman–Crippen LogP) is 5.29. The van der Waals surface area contributed by atoms with Gasteiger partial charge in [-0.25, -0.2) is 4.79 Å². The summed E-state index contributed by atoms with van der Waals surface area (Å²) >= 11 is 6.06. The molecule has 1 heterocycles. The summed E-state index contributed by atoms with van der Waals surface area (Å²) in [5, 5.41) is 4.03. The van der Waals surface area contributed by atoms with Gasteiger partial charge in [0.1, 0.15) is 12.4 Å². The van der Waals surface area contributed by atoms with Gasteiger partial charge in [0.05, 0.1) is 19.3 Å². The van der Waals surface area contributed by atoms with E-state index >= 15 is 0 Å². The van der Waals surface area contributed by atoms with E-state index in [0.717, 1.165) is 16.8 Å². The van der Waals surface area contributed by atoms with Crippen molar-refractivity contribution in [3.8, 4) is 5.75 Å². The third kappa shape index (κ3) is 5.44. The second-order valence-corrected chi connectivity index (χ2v) is 9.11. The van der Waals surface area contributed by atoms with Gasteiger partial charge in [-0.15, -0.1) is 0 Å². The van der Waals surface area contributed by atoms with E-state index in [0.29, 0.717) is 53.7 Å². The van der Waals surface area contributed by atoms with Crippen molar-refractivity contribution in [2.45, 2.75) is 38.5 Å². The lowest BCUT2D eigenvalue weighted by molar-refractivity contribution is -0.140. The number of dihydropyridines is 1. The van der Waals surface area contributed by atoms with Crippen molar-refractivity contribution in [2.75, 3.05) is 26.9 Å². The summed E-state index contributed by atoms with van der Waals surface area (Å²) in [4.78, 5) is 26.9. The van der Waals surface area contributed by atoms with E-state index in [2.05, 4.69) is 5.32 Å². The van der Waals surface area contributed by atoms with Crippen LogP contribution in [0, 0.1) is 0 Å². The molecule has 2 aromatic carbocycles. The van der Waals surface area contributed by atoms with Crippen molar-refractivity contribution in [1.29, 1.82) is 0 Å². The molecule has 6 nitrogen and oxygen atoms in total. The summed E-state index contributed by atoms with van der Waals surface area (Å²) in [6.45, 7) is 4.76. The smallest absolute Gasteiger partial charge is 0.336 e. The Hall–Kier alpha value is -3.09. The molecule has 2 atom stereocenters. The molecule has 184 valence electrons. The fourth-order valence-electron chi connectivity index (χ4n) is 4.85. The molecule has 2 aromatic rings. The maximum absolute atomic E-state index is 13.6. The summed E-state index contributed by atoms with van der Waals surface area (Å²) in [6.07, 6.45) is 1.02. The summed E-state index contributed by atoms with van der Waals surface area (Å²) in [5.41, 5.74) is 4.46. The molecular weight excluding hydrogens is 466 g/mol. The van der Waals surface area contributed by atoms with E-state index < -0.39 is 11.9 Å². The monoisotopic (exact) mass is 495 g/mol. The minimum Gasteiger partial charge on any atom is -0.497 e. The first kappa shape index (κ1) is 25.0. The topological polar surface area (TPSA) is 73.9 Å². The lowest BCUT2D eigenvalue weighted by Crippen LogP contribution is -2.36. The number of allylic oxidation sites excluding steroid dienone is 3. The van der Waals surface area contributed by atoms with E-state index in [9.17, 15) is 9.59 Å². The van der Waals surface area contributed by atoms with E-state index in [1.807, 2.05) is 62.4 Å². The van der Waals surface area contributed by atoms with E-state index in [1.54, 1.807) is 7.11 Å². The van der Waals surface area contributed by atoms with Crippen molar-refractivity contribution >= 4 is 23.4 Å². The minimum absolute atomic E-state index is 0.0126. The standard InChI is InChI=1S/C28H30ClNO5/c1-4-34-12-13-35-28(32)25-17(2)30-23-15-20(18-8-10-21(29)11-9-18)16-24(31)27(23)26(25)19-6-5-7-22(14-19)33-3/h5-11,14,20,26,30H,4,12-13,15-16H2,1-3H3/t20-,26+/m1/s1. The molecule has 0 amide bonds. The van der Waals surface area contributed by atoms with E-state index in [4.69, 9.17) is 25.8 Å². The molecule has 0 unspecified atom stereocenters. The van der Waals surface area contributed by atoms with Crippen LogP contribution in [-0.4, -0.2) is 38.7 Å². The lowest BCUT2D eigenvalue weighted by Gasteiger charge is -2.36. The van der Waals surface area contributed by atoms with E-state index in [1.165, 1.54) is 0 Å². The number of halogens is 1. The van der Waals surface area contributed by atoms with Gasteiger partial charge in [-0.05, 0) is 61.6 Å². The Balaban J connectivity index is 1.72. The number of rotatable bonds is 8. The SMILES string of the molecule is CCOCCOC(=O)C1=C(C)NC2=C(C(=O)C[C@H](c3ccc(Cl)cc3)C2)[C@H]1c1cccc(OC)c1. The lowest BCUT2D eigenvalue weighted by atomic mass is 9.71. The number of benzene rings is 2. The van der Waals surface area contributed by atoms with Crippen LogP contribution in [0.4, 0.5) is 0 Å². The van der Waals surface area contributed by atoms with Crippen LogP contribution < -0.4 is 10.1 Å². The third-order valence-electron chi connectivity index (χ3n) is 6.48. The quantitative estimate of drug-likeness (QED) is 0.396. The van der Waals surface area contributed by atoms with Gasteiger partial charge in [-0.1, -0.05) is 35.9 Å². The molecule has 0 saturated heterocycles. The Kier molecular flexibility index (Phi) is 7.93. The minimum atomic E-state index is -0.542. The molecular formula is C28H30ClNO5. The van der Waals surface area contributed by atoms with Crippen LogP contribution in [-0.2, 0) is 19.1 Å². The van der Waals surface area contributed by atoms with Crippen LogP contribution in [0.25, 0.3) is 0 Å². The number of Topliss-reactive ketones (excluding diaryl/α,β-unsaturated/α-hetero) is 1. The molecule has 35 heavy (non-hydrogen) atoms. The zero-order chi connectivity index (χ0) is 24.9. The van der Waals surface area contributed by atoms with Crippen molar-refractivity contribution < 1.29 is 23.8 Å². The molecule has 7 heteroatoms. The first-order valence-electron chi connectivity index (χ1n) is 11.8. The van der Waals surface area contributed by atoms with Crippen LogP contribution in [0.1, 0.15) is 49.7 Å². The predicted molar refractivity (Wildman–Crippen MR) is 134 cm³/mol. The number of carbonyl (C=O) groups is 2. The van der Waals surface area contributed by atoms with Gasteiger partial charge in [-0.3, -0.25) is 4.79 Å². The largest absolute Gasteiger partial charge is 0.497 e. The Morgan fingerprint density at radius 2 is 1.86 bits per heavy atom. The molecule has 1 N–H and O–H groups in total. The number of nitrogens with one attached hydrogen (secondary N) is 1. The van der Waals surface area contributed by atoms with Gasteiger partial charge in [-0.2, -0.15) is 0 Å². The van der Waals surface area contributed by atoms with Gasteiger partial charge >= 0.3 is 5.97 Å². The highest BCUT2D eigenvalue weighted by Crippen LogP contribution is 2.46. The number of hydrogen-bond donors (Lipinski definition) is 1. The molecule has 0 aromatic heterocycles. The first-order chi connectivity index (χ1) is 16.9. The third-order valence-corrected chi connectivity index (χ3v) is 6.73. The Morgan fingerprint density at radius 3 is 2.57 bits per heavy atom. The molecule has 0 fully saturated rings. The summed E-state index contributed by atoms with van der Waals surface area (Å²) < 4.78 is 16.3. The van der Waals surface area contributed by atoms with E-state index in [-0.39, 0.29) is 18.3 Å². The molecule has 0 bridgehead atoms. The molecule has 4 rings (SSSR count). The number of carbonyl (C=O) groups excluding carboxylic acids is 2. The Morgan fingerprint density at radius 1 is 1.09 bits per heavy atom. The average molecular weight is 496 g/mol. The highest BCUT2D eigenvalue weighted by Gasteiger charge is 2.41. The normalized spacial score (nSPS) is 19.8. The number of ketones is 1. The maximum atomic E-state index is 13.6. The number of esters is 1. The highest BCUT2D eigenvalue weighted by molar-refractivity contribution is 6.30. The molecule has 0 saturated carbocycles. The number of hydrogen-bond acceptors (Lipinski definition) is 6. The highest BCUT2D eigenvalue weighted by atomic mass is 35.5. The van der Waals surface area contributed by atoms with Crippen molar-refractivity contribution in [3.63, 3.8) is 0 Å². The second kappa shape index (κ2) is 11.1. The first-order valence-corrected chi connectivity index (χ1v) is 12.2. The zero-order valence-electron chi connectivity index (χ0n) is 20.2. The van der Waals surface area contributed by atoms with Crippen LogP contribution >= 0.6 is 11.6 Å². The maximum Gasteiger partial charge on any atom is 0.336 e.